The Morgan fingerprint density at radius 3 is 2.62 bits per heavy atom. The van der Waals surface area contributed by atoms with Crippen molar-refractivity contribution >= 4 is 17.5 Å². The summed E-state index contributed by atoms with van der Waals surface area (Å²) in [6.07, 6.45) is 2.82. The van der Waals surface area contributed by atoms with Crippen LogP contribution in [-0.2, 0) is 9.59 Å². The molecule has 2 amide bonds. The number of carbonyl (C=O) groups excluding carboxylic acids is 2. The van der Waals surface area contributed by atoms with Crippen molar-refractivity contribution in [2.45, 2.75) is 19.4 Å². The molecule has 0 aliphatic rings. The van der Waals surface area contributed by atoms with Gasteiger partial charge >= 0.3 is 11.8 Å². The molecule has 24 heavy (non-hydrogen) atoms. The number of oxazole rings is 1. The molecule has 2 rings (SSSR count). The molecule has 3 N–H and O–H groups in total. The normalized spacial score (nSPS) is 11.2. The van der Waals surface area contributed by atoms with Crippen molar-refractivity contribution in [1.29, 1.82) is 0 Å². The van der Waals surface area contributed by atoms with E-state index in [-0.39, 0.29) is 6.61 Å². The predicted octanol–water partition coefficient (Wildman–Crippen LogP) is 0.939. The van der Waals surface area contributed by atoms with Crippen molar-refractivity contribution in [1.82, 2.24) is 4.98 Å². The minimum Gasteiger partial charge on any atom is -0.496 e. The minimum absolute atomic E-state index is 0.359. The second kappa shape index (κ2) is 6.71. The van der Waals surface area contributed by atoms with Gasteiger partial charge in [0.15, 0.2) is 12.2 Å². The Morgan fingerprint density at radius 1 is 1.42 bits per heavy atom. The van der Waals surface area contributed by atoms with Crippen LogP contribution in [0.3, 0.4) is 0 Å². The van der Waals surface area contributed by atoms with E-state index >= 15 is 0 Å². The Balaban J connectivity index is 2.55. The average Bonchev–Trinajstić information content (AvgIpc) is 3.08. The molecule has 0 bridgehead atoms. The molecule has 0 spiro atoms. The number of hydrogen-bond donors (Lipinski definition) is 2. The van der Waals surface area contributed by atoms with Crippen LogP contribution in [0, 0.1) is 0 Å². The van der Waals surface area contributed by atoms with E-state index in [9.17, 15) is 14.7 Å². The van der Waals surface area contributed by atoms with E-state index in [1.807, 2.05) is 0 Å². The lowest BCUT2D eigenvalue weighted by Gasteiger charge is -2.36. The summed E-state index contributed by atoms with van der Waals surface area (Å²) in [5.41, 5.74) is 5.09. The number of benzene rings is 1. The summed E-state index contributed by atoms with van der Waals surface area (Å²) < 4.78 is 10.6. The summed E-state index contributed by atoms with van der Waals surface area (Å²) in [5, 5.41) is 9.59. The number of rotatable bonds is 5. The Bertz CT molecular complexity index is 740. The number of ether oxygens (including phenoxy) is 1. The largest absolute Gasteiger partial charge is 0.496 e. The number of nitrogens with zero attached hydrogens (tertiary/aromatic N) is 2. The van der Waals surface area contributed by atoms with Crippen molar-refractivity contribution < 1.29 is 23.8 Å². The third-order valence-corrected chi connectivity index (χ3v) is 3.55. The first kappa shape index (κ1) is 17.5. The Morgan fingerprint density at radius 2 is 2.12 bits per heavy atom. The summed E-state index contributed by atoms with van der Waals surface area (Å²) in [7, 11) is 1.47. The predicted molar refractivity (Wildman–Crippen MR) is 86.3 cm³/mol. The van der Waals surface area contributed by atoms with Gasteiger partial charge in [-0.15, -0.1) is 0 Å². The molecule has 1 aromatic carbocycles. The molecule has 128 valence electrons. The number of aliphatic hydroxyl groups is 1. The Labute approximate surface area is 138 Å². The fourth-order valence-electron chi connectivity index (χ4n) is 2.29. The SMILES string of the molecule is COc1cc(N(C(=O)C(N)=O)C(C)(C)CO)ccc1-c1cnco1. The van der Waals surface area contributed by atoms with Gasteiger partial charge in [-0.3, -0.25) is 14.5 Å². The minimum atomic E-state index is -1.12. The number of aromatic nitrogens is 1. The topological polar surface area (TPSA) is 119 Å². The molecule has 0 atom stereocenters. The molecule has 0 saturated heterocycles. The van der Waals surface area contributed by atoms with Crippen molar-refractivity contribution in [2.24, 2.45) is 5.73 Å². The van der Waals surface area contributed by atoms with Crippen LogP contribution in [0.4, 0.5) is 5.69 Å². The third kappa shape index (κ3) is 3.23. The summed E-state index contributed by atoms with van der Waals surface area (Å²) >= 11 is 0. The highest BCUT2D eigenvalue weighted by Gasteiger charge is 2.35. The first-order valence-corrected chi connectivity index (χ1v) is 7.13. The maximum atomic E-state index is 12.2. The summed E-state index contributed by atoms with van der Waals surface area (Å²) in [5.74, 6) is -1.13. The fourth-order valence-corrected chi connectivity index (χ4v) is 2.29. The van der Waals surface area contributed by atoms with Crippen LogP contribution in [0.25, 0.3) is 11.3 Å². The second-order valence-electron chi connectivity index (χ2n) is 5.73. The molecular formula is C16H19N3O5. The quantitative estimate of drug-likeness (QED) is 0.786. The first-order valence-electron chi connectivity index (χ1n) is 7.13. The van der Waals surface area contributed by atoms with Gasteiger partial charge in [0.25, 0.3) is 0 Å². The molecule has 2 aromatic rings. The molecule has 0 unspecified atom stereocenters. The standard InChI is InChI=1S/C16H19N3O5/c1-16(2,8-20)19(15(22)14(17)21)10-4-5-11(12(6-10)23-3)13-7-18-9-24-13/h4-7,9,20H,8H2,1-3H3,(H2,17,21). The molecule has 0 radical (unpaired) electrons. The van der Waals surface area contributed by atoms with Crippen LogP contribution < -0.4 is 15.4 Å². The van der Waals surface area contributed by atoms with Gasteiger partial charge < -0.3 is 20.0 Å². The van der Waals surface area contributed by atoms with Crippen LogP contribution in [0.5, 0.6) is 5.75 Å². The van der Waals surface area contributed by atoms with E-state index in [2.05, 4.69) is 4.98 Å². The Kier molecular flexibility index (Phi) is 4.89. The first-order chi connectivity index (χ1) is 11.3. The summed E-state index contributed by atoms with van der Waals surface area (Å²) in [6, 6.07) is 4.85. The number of nitrogens with two attached hydrogens (primary N) is 1. The van der Waals surface area contributed by atoms with Crippen molar-refractivity contribution in [2.75, 3.05) is 18.6 Å². The van der Waals surface area contributed by atoms with Gasteiger partial charge in [0.05, 0.1) is 31.0 Å². The summed E-state index contributed by atoms with van der Waals surface area (Å²) in [4.78, 5) is 28.6. The maximum absolute atomic E-state index is 12.2. The van der Waals surface area contributed by atoms with E-state index in [4.69, 9.17) is 14.9 Å². The van der Waals surface area contributed by atoms with E-state index in [0.717, 1.165) is 4.90 Å². The Hall–Kier alpha value is -2.87. The smallest absolute Gasteiger partial charge is 0.316 e. The van der Waals surface area contributed by atoms with E-state index < -0.39 is 17.4 Å². The molecule has 0 saturated carbocycles. The van der Waals surface area contributed by atoms with Gasteiger partial charge in [-0.05, 0) is 26.0 Å². The molecule has 1 aromatic heterocycles. The molecule has 1 heterocycles. The lowest BCUT2D eigenvalue weighted by Crippen LogP contribution is -2.54. The number of anilines is 1. The fraction of sp³-hybridized carbons (Fsp3) is 0.312. The van der Waals surface area contributed by atoms with Gasteiger partial charge in [0.1, 0.15) is 5.75 Å². The third-order valence-electron chi connectivity index (χ3n) is 3.55. The van der Waals surface area contributed by atoms with Gasteiger partial charge in [-0.25, -0.2) is 4.98 Å². The van der Waals surface area contributed by atoms with Crippen molar-refractivity contribution in [3.05, 3.63) is 30.8 Å². The van der Waals surface area contributed by atoms with E-state index in [1.54, 1.807) is 32.0 Å². The zero-order valence-corrected chi connectivity index (χ0v) is 13.6. The van der Waals surface area contributed by atoms with Crippen LogP contribution in [0.2, 0.25) is 0 Å². The van der Waals surface area contributed by atoms with Gasteiger partial charge in [-0.2, -0.15) is 0 Å². The van der Waals surface area contributed by atoms with Crippen LogP contribution in [0.15, 0.2) is 35.2 Å². The van der Waals surface area contributed by atoms with Crippen LogP contribution >= 0.6 is 0 Å². The molecule has 0 aliphatic carbocycles. The molecule has 8 nitrogen and oxygen atoms in total. The zero-order chi connectivity index (χ0) is 17.9. The van der Waals surface area contributed by atoms with E-state index in [0.29, 0.717) is 22.8 Å². The summed E-state index contributed by atoms with van der Waals surface area (Å²) in [6.45, 7) is 2.87. The monoisotopic (exact) mass is 333 g/mol. The highest BCUT2D eigenvalue weighted by atomic mass is 16.5. The lowest BCUT2D eigenvalue weighted by molar-refractivity contribution is -0.136. The molecular weight excluding hydrogens is 314 g/mol. The van der Waals surface area contributed by atoms with E-state index in [1.165, 1.54) is 19.7 Å². The highest BCUT2D eigenvalue weighted by molar-refractivity contribution is 6.40. The number of amides is 2. The van der Waals surface area contributed by atoms with Crippen LogP contribution in [-0.4, -0.2) is 41.2 Å². The molecule has 0 fully saturated rings. The highest BCUT2D eigenvalue weighted by Crippen LogP contribution is 2.35. The maximum Gasteiger partial charge on any atom is 0.316 e. The molecule has 0 aliphatic heterocycles. The number of methoxy groups -OCH3 is 1. The number of carbonyl (C=O) groups is 2. The number of aliphatic hydroxyl groups excluding tert-OH is 1. The van der Waals surface area contributed by atoms with Crippen molar-refractivity contribution in [3.8, 4) is 17.1 Å². The second-order valence-corrected chi connectivity index (χ2v) is 5.73. The van der Waals surface area contributed by atoms with Gasteiger partial charge in [0.2, 0.25) is 0 Å². The number of hydrogen-bond acceptors (Lipinski definition) is 6. The van der Waals surface area contributed by atoms with Crippen molar-refractivity contribution in [3.63, 3.8) is 0 Å². The zero-order valence-electron chi connectivity index (χ0n) is 13.6. The average molecular weight is 333 g/mol. The van der Waals surface area contributed by atoms with Crippen LogP contribution in [0.1, 0.15) is 13.8 Å². The molecule has 8 heteroatoms. The van der Waals surface area contributed by atoms with Gasteiger partial charge in [-0.1, -0.05) is 0 Å². The van der Waals surface area contributed by atoms with Gasteiger partial charge in [0, 0.05) is 11.8 Å². The lowest BCUT2D eigenvalue weighted by atomic mass is 10.0. The number of primary amides is 1.